The minimum absolute atomic E-state index is 0.109. The van der Waals surface area contributed by atoms with E-state index in [1.165, 1.54) is 0 Å². The Morgan fingerprint density at radius 3 is 2.59 bits per heavy atom. The van der Waals surface area contributed by atoms with Crippen molar-refractivity contribution in [3.8, 4) is 0 Å². The molecule has 0 bridgehead atoms. The summed E-state index contributed by atoms with van der Waals surface area (Å²) in [7, 11) is 0. The minimum Gasteiger partial charge on any atom is -0.393 e. The molecule has 0 aromatic rings. The second-order valence-electron chi connectivity index (χ2n) is 6.44. The van der Waals surface area contributed by atoms with Crippen LogP contribution in [0, 0.1) is 17.3 Å². The number of aliphatic hydroxyl groups is 1. The maximum Gasteiger partial charge on any atom is 0.159 e. The molecule has 4 atom stereocenters. The molecule has 0 aliphatic heterocycles. The molecule has 1 N–H and O–H groups in total. The molecule has 2 nitrogen and oxygen atoms in total. The van der Waals surface area contributed by atoms with Gasteiger partial charge in [-0.3, -0.25) is 4.79 Å². The molecule has 0 saturated heterocycles. The Labute approximate surface area is 104 Å². The summed E-state index contributed by atoms with van der Waals surface area (Å²) in [4.78, 5) is 12.1. The Kier molecular flexibility index (Phi) is 3.19. The summed E-state index contributed by atoms with van der Waals surface area (Å²) in [6, 6.07) is 0. The fourth-order valence-corrected chi connectivity index (χ4v) is 3.69. The van der Waals surface area contributed by atoms with Crippen LogP contribution in [0.4, 0.5) is 0 Å². The first kappa shape index (κ1) is 12.8. The molecule has 2 heteroatoms. The van der Waals surface area contributed by atoms with Crippen LogP contribution in [-0.2, 0) is 4.79 Å². The Morgan fingerprint density at radius 1 is 1.35 bits per heavy atom. The zero-order chi connectivity index (χ0) is 12.8. The first-order valence-corrected chi connectivity index (χ1v) is 6.74. The second-order valence-corrected chi connectivity index (χ2v) is 6.44. The second kappa shape index (κ2) is 4.24. The lowest BCUT2D eigenvalue weighted by molar-refractivity contribution is -0.128. The van der Waals surface area contributed by atoms with Gasteiger partial charge in [-0.1, -0.05) is 19.4 Å². The molecule has 2 fully saturated rings. The summed E-state index contributed by atoms with van der Waals surface area (Å²) in [6.07, 6.45) is 3.07. The molecule has 2 aliphatic carbocycles. The number of hydrogen-bond donors (Lipinski definition) is 1. The largest absolute Gasteiger partial charge is 0.393 e. The summed E-state index contributed by atoms with van der Waals surface area (Å²) < 4.78 is 0. The third-order valence-corrected chi connectivity index (χ3v) is 5.24. The van der Waals surface area contributed by atoms with Crippen LogP contribution >= 0.6 is 0 Å². The van der Waals surface area contributed by atoms with E-state index < -0.39 is 0 Å². The standard InChI is InChI=1S/C15H24O2/c1-9(2)11-8-15(4)10(3)5-6-13(16)12(15)7-14(11)17/h10,12-13,16H,5-8H2,1-4H3. The van der Waals surface area contributed by atoms with Crippen LogP contribution in [0.25, 0.3) is 0 Å². The van der Waals surface area contributed by atoms with Crippen molar-refractivity contribution in [2.75, 3.05) is 0 Å². The number of fused-ring (bicyclic) bond motifs is 1. The van der Waals surface area contributed by atoms with E-state index in [2.05, 4.69) is 13.8 Å². The molecule has 2 rings (SSSR count). The van der Waals surface area contributed by atoms with Crippen molar-refractivity contribution in [1.29, 1.82) is 0 Å². The quantitative estimate of drug-likeness (QED) is 0.656. The van der Waals surface area contributed by atoms with Crippen molar-refractivity contribution in [3.63, 3.8) is 0 Å². The number of allylic oxidation sites excluding steroid dienone is 2. The third kappa shape index (κ3) is 1.97. The Hall–Kier alpha value is -0.630. The minimum atomic E-state index is -0.279. The van der Waals surface area contributed by atoms with E-state index in [4.69, 9.17) is 0 Å². The van der Waals surface area contributed by atoms with E-state index in [1.54, 1.807) is 0 Å². The maximum atomic E-state index is 12.1. The van der Waals surface area contributed by atoms with Gasteiger partial charge in [-0.05, 0) is 55.9 Å². The van der Waals surface area contributed by atoms with Crippen LogP contribution in [0.3, 0.4) is 0 Å². The topological polar surface area (TPSA) is 37.3 Å². The van der Waals surface area contributed by atoms with Gasteiger partial charge in [0.05, 0.1) is 6.10 Å². The Bertz CT molecular complexity index is 365. The van der Waals surface area contributed by atoms with Gasteiger partial charge in [0, 0.05) is 6.42 Å². The zero-order valence-electron chi connectivity index (χ0n) is 11.4. The van der Waals surface area contributed by atoms with E-state index >= 15 is 0 Å². The fourth-order valence-electron chi connectivity index (χ4n) is 3.69. The van der Waals surface area contributed by atoms with Gasteiger partial charge in [0.2, 0.25) is 0 Å². The SMILES string of the molecule is CC(C)=C1CC2(C)C(C)CCC(O)C2CC1=O. The Morgan fingerprint density at radius 2 is 2.00 bits per heavy atom. The van der Waals surface area contributed by atoms with Crippen molar-refractivity contribution in [2.45, 2.75) is 59.5 Å². The lowest BCUT2D eigenvalue weighted by Crippen LogP contribution is -2.49. The fraction of sp³-hybridized carbons (Fsp3) is 0.800. The van der Waals surface area contributed by atoms with Crippen molar-refractivity contribution >= 4 is 5.78 Å². The van der Waals surface area contributed by atoms with E-state index in [0.29, 0.717) is 12.3 Å². The van der Waals surface area contributed by atoms with Crippen LogP contribution < -0.4 is 0 Å². The monoisotopic (exact) mass is 236 g/mol. The molecule has 0 aromatic carbocycles. The predicted octanol–water partition coefficient (Wildman–Crippen LogP) is 3.10. The smallest absolute Gasteiger partial charge is 0.159 e. The molecule has 2 aliphatic rings. The average molecular weight is 236 g/mol. The summed E-state index contributed by atoms with van der Waals surface area (Å²) in [6.45, 7) is 8.60. The molecule has 0 aromatic heterocycles. The average Bonchev–Trinajstić information content (AvgIpc) is 2.26. The molecule has 4 unspecified atom stereocenters. The number of ketones is 1. The molecule has 0 heterocycles. The van der Waals surface area contributed by atoms with Gasteiger partial charge in [-0.25, -0.2) is 0 Å². The highest BCUT2D eigenvalue weighted by Crippen LogP contribution is 2.53. The van der Waals surface area contributed by atoms with Crippen LogP contribution in [0.2, 0.25) is 0 Å². The summed E-state index contributed by atoms with van der Waals surface area (Å²) in [5.74, 6) is 1.03. The van der Waals surface area contributed by atoms with Crippen LogP contribution in [0.1, 0.15) is 53.4 Å². The molecule has 0 spiro atoms. The highest BCUT2D eigenvalue weighted by molar-refractivity contribution is 5.97. The predicted molar refractivity (Wildman–Crippen MR) is 68.6 cm³/mol. The van der Waals surface area contributed by atoms with E-state index in [1.807, 2.05) is 13.8 Å². The number of Topliss-reactive ketones (excluding diaryl/α,β-unsaturated/α-hetero) is 1. The van der Waals surface area contributed by atoms with Crippen LogP contribution in [-0.4, -0.2) is 17.0 Å². The lowest BCUT2D eigenvalue weighted by atomic mass is 9.53. The number of hydrogen-bond acceptors (Lipinski definition) is 2. The lowest BCUT2D eigenvalue weighted by Gasteiger charge is -2.51. The highest BCUT2D eigenvalue weighted by atomic mass is 16.3. The third-order valence-electron chi connectivity index (χ3n) is 5.24. The molecule has 17 heavy (non-hydrogen) atoms. The first-order valence-electron chi connectivity index (χ1n) is 6.74. The number of aliphatic hydroxyl groups excluding tert-OH is 1. The number of carbonyl (C=O) groups excluding carboxylic acids is 1. The highest BCUT2D eigenvalue weighted by Gasteiger charge is 2.50. The van der Waals surface area contributed by atoms with Gasteiger partial charge < -0.3 is 5.11 Å². The van der Waals surface area contributed by atoms with Gasteiger partial charge >= 0.3 is 0 Å². The van der Waals surface area contributed by atoms with Gasteiger partial charge in [0.15, 0.2) is 5.78 Å². The summed E-state index contributed by atoms with van der Waals surface area (Å²) >= 11 is 0. The van der Waals surface area contributed by atoms with Crippen molar-refractivity contribution in [3.05, 3.63) is 11.1 Å². The van der Waals surface area contributed by atoms with Gasteiger partial charge in [0.25, 0.3) is 0 Å². The van der Waals surface area contributed by atoms with Crippen molar-refractivity contribution < 1.29 is 9.90 Å². The molecular weight excluding hydrogens is 212 g/mol. The van der Waals surface area contributed by atoms with Crippen molar-refractivity contribution in [1.82, 2.24) is 0 Å². The molecular formula is C15H24O2. The normalized spacial score (nSPS) is 42.3. The maximum absolute atomic E-state index is 12.1. The molecule has 96 valence electrons. The molecule has 0 radical (unpaired) electrons. The van der Waals surface area contributed by atoms with Crippen LogP contribution in [0.15, 0.2) is 11.1 Å². The van der Waals surface area contributed by atoms with Gasteiger partial charge in [-0.15, -0.1) is 0 Å². The summed E-state index contributed by atoms with van der Waals surface area (Å²) in [5, 5.41) is 10.2. The Balaban J connectivity index is 2.37. The zero-order valence-corrected chi connectivity index (χ0v) is 11.4. The van der Waals surface area contributed by atoms with E-state index in [9.17, 15) is 9.90 Å². The van der Waals surface area contributed by atoms with Crippen molar-refractivity contribution in [2.24, 2.45) is 17.3 Å². The van der Waals surface area contributed by atoms with Gasteiger partial charge in [-0.2, -0.15) is 0 Å². The number of rotatable bonds is 0. The van der Waals surface area contributed by atoms with E-state index in [0.717, 1.165) is 30.4 Å². The van der Waals surface area contributed by atoms with E-state index in [-0.39, 0.29) is 23.2 Å². The van der Waals surface area contributed by atoms with Gasteiger partial charge in [0.1, 0.15) is 0 Å². The summed E-state index contributed by atoms with van der Waals surface area (Å²) in [5.41, 5.74) is 2.28. The first-order chi connectivity index (χ1) is 7.86. The number of carbonyl (C=O) groups is 1. The van der Waals surface area contributed by atoms with Crippen LogP contribution in [0.5, 0.6) is 0 Å². The molecule has 0 amide bonds. The molecule has 2 saturated carbocycles.